The van der Waals surface area contributed by atoms with Crippen molar-refractivity contribution < 1.29 is 73.2 Å². The van der Waals surface area contributed by atoms with Crippen molar-refractivity contribution in [1.82, 2.24) is 0 Å². The molecule has 0 aromatic heterocycles. The highest BCUT2D eigenvalue weighted by Gasteiger charge is 2.63. The van der Waals surface area contributed by atoms with Gasteiger partial charge in [-0.25, -0.2) is 0 Å². The molecule has 64 heavy (non-hydrogen) atoms. The zero-order chi connectivity index (χ0) is 47.7. The van der Waals surface area contributed by atoms with Crippen molar-refractivity contribution in [3.05, 3.63) is 101 Å². The van der Waals surface area contributed by atoms with Crippen molar-refractivity contribution in [1.29, 1.82) is 0 Å². The zero-order valence-electron chi connectivity index (χ0n) is 37.7. The number of hydrogen-bond donors (Lipinski definition) is 0. The number of rotatable bonds is 8. The van der Waals surface area contributed by atoms with Crippen LogP contribution in [0.1, 0.15) is 83.1 Å². The Hall–Kier alpha value is -3.66. The Kier molecular flexibility index (Phi) is 15.2. The van der Waals surface area contributed by atoms with Crippen LogP contribution in [-0.2, 0) is 27.9 Å². The lowest BCUT2D eigenvalue weighted by Crippen LogP contribution is -2.41. The first-order chi connectivity index (χ1) is 29.3. The van der Waals surface area contributed by atoms with E-state index in [1.165, 1.54) is 48.5 Å². The Morgan fingerprint density at radius 1 is 0.375 bits per heavy atom. The maximum atomic E-state index is 12.2. The highest BCUT2D eigenvalue weighted by atomic mass is 127. The van der Waals surface area contributed by atoms with E-state index < -0.39 is 45.1 Å². The van der Waals surface area contributed by atoms with E-state index in [0.29, 0.717) is 23.0 Å². The van der Waals surface area contributed by atoms with E-state index in [0.717, 1.165) is 9.03 Å². The van der Waals surface area contributed by atoms with Crippen molar-refractivity contribution in [3.63, 3.8) is 0 Å². The van der Waals surface area contributed by atoms with Crippen molar-refractivity contribution in [2.45, 2.75) is 129 Å². The highest BCUT2D eigenvalue weighted by Crippen LogP contribution is 2.43. The normalized spacial score (nSPS) is 20.1. The van der Waals surface area contributed by atoms with Crippen LogP contribution in [-0.4, -0.2) is 67.5 Å². The smallest absolute Gasteiger partial charge is 0.457 e. The molecule has 0 N–H and O–H groups in total. The summed E-state index contributed by atoms with van der Waals surface area (Å²) < 4.78 is 128. The van der Waals surface area contributed by atoms with E-state index in [4.69, 9.17) is 37.4 Å². The van der Waals surface area contributed by atoms with Gasteiger partial charge in [-0.15, -0.1) is 26.3 Å². The number of ether oxygens (including phenoxy) is 4. The molecule has 0 bridgehead atoms. The van der Waals surface area contributed by atoms with E-state index in [2.05, 4.69) is 32.1 Å². The molecule has 4 aromatic carbocycles. The van der Waals surface area contributed by atoms with Crippen LogP contribution < -0.4 is 24.4 Å². The minimum atomic E-state index is -4.72. The van der Waals surface area contributed by atoms with Gasteiger partial charge in [-0.3, -0.25) is 0 Å². The molecule has 4 aromatic rings. The number of hydrogen-bond acceptors (Lipinski definition) is 10. The molecule has 10 nitrogen and oxygen atoms in total. The van der Waals surface area contributed by atoms with Gasteiger partial charge in [0.25, 0.3) is 0 Å². The maximum absolute atomic E-state index is 12.2. The summed E-state index contributed by atoms with van der Waals surface area (Å²) in [6.45, 7) is 24.1. The fourth-order valence-corrected chi connectivity index (χ4v) is 6.22. The Morgan fingerprint density at radius 3 is 0.891 bits per heavy atom. The highest BCUT2D eigenvalue weighted by molar-refractivity contribution is 14.1. The number of alkyl halides is 6. The third kappa shape index (κ3) is 13.5. The molecule has 3 aliphatic rings. The Morgan fingerprint density at radius 2 is 0.609 bits per heavy atom. The first-order valence-corrected chi connectivity index (χ1v) is 21.3. The quantitative estimate of drug-likeness (QED) is 0.0965. The number of halogens is 7. The van der Waals surface area contributed by atoms with Crippen molar-refractivity contribution in [2.75, 3.05) is 0 Å². The largest absolute Gasteiger partial charge is 0.573 e. The molecule has 3 heterocycles. The minimum absolute atomic E-state index is 0.275. The minimum Gasteiger partial charge on any atom is -0.457 e. The third-order valence-electron chi connectivity index (χ3n) is 11.6. The maximum Gasteiger partial charge on any atom is 0.573 e. The van der Waals surface area contributed by atoms with E-state index in [1.54, 1.807) is 24.3 Å². The van der Waals surface area contributed by atoms with Crippen molar-refractivity contribution in [2.24, 2.45) is 0 Å². The second-order valence-corrected chi connectivity index (χ2v) is 19.3. The van der Waals surface area contributed by atoms with Gasteiger partial charge in [-0.2, -0.15) is 0 Å². The first-order valence-electron chi connectivity index (χ1n) is 20.3. The summed E-state index contributed by atoms with van der Waals surface area (Å²) >= 11 is 2.17. The van der Waals surface area contributed by atoms with Gasteiger partial charge in [0.2, 0.25) is 0 Å². The average molecular weight is 1010 g/mol. The van der Waals surface area contributed by atoms with Gasteiger partial charge in [0.1, 0.15) is 34.5 Å². The molecule has 3 saturated heterocycles. The molecule has 346 valence electrons. The van der Waals surface area contributed by atoms with E-state index >= 15 is 0 Å². The summed E-state index contributed by atoms with van der Waals surface area (Å²) in [4.78, 5) is 0. The summed E-state index contributed by atoms with van der Waals surface area (Å²) in [5.74, 6) is 1.42. The predicted molar refractivity (Wildman–Crippen MR) is 240 cm³/mol. The molecule has 7 rings (SSSR count). The summed E-state index contributed by atoms with van der Waals surface area (Å²) in [5.41, 5.74) is -1.43. The third-order valence-corrected chi connectivity index (χ3v) is 12.3. The molecule has 0 saturated carbocycles. The second kappa shape index (κ2) is 18.9. The van der Waals surface area contributed by atoms with Crippen LogP contribution in [0, 0.1) is 3.57 Å². The monoisotopic (exact) mass is 1010 g/mol. The molecular weight excluding hydrogens is 962 g/mol. The molecule has 0 amide bonds. The molecule has 3 aliphatic heterocycles. The number of benzene rings is 4. The summed E-state index contributed by atoms with van der Waals surface area (Å²) in [6, 6.07) is 24.9. The fourth-order valence-electron chi connectivity index (χ4n) is 5.87. The van der Waals surface area contributed by atoms with Crippen LogP contribution in [0.15, 0.2) is 97.1 Å². The van der Waals surface area contributed by atoms with Crippen molar-refractivity contribution >= 4 is 49.2 Å². The zero-order valence-corrected chi connectivity index (χ0v) is 39.9. The van der Waals surface area contributed by atoms with Crippen LogP contribution >= 0.6 is 22.6 Å². The van der Waals surface area contributed by atoms with Gasteiger partial charge in [-0.1, -0.05) is 12.1 Å². The van der Waals surface area contributed by atoms with Gasteiger partial charge in [0, 0.05) is 3.57 Å². The second-order valence-electron chi connectivity index (χ2n) is 18.1. The Labute approximate surface area is 385 Å². The van der Waals surface area contributed by atoms with Gasteiger partial charge in [-0.05, 0) is 196 Å². The van der Waals surface area contributed by atoms with Gasteiger partial charge in [0.05, 0.1) is 33.6 Å². The van der Waals surface area contributed by atoms with Crippen LogP contribution in [0.25, 0.3) is 0 Å². The summed E-state index contributed by atoms with van der Waals surface area (Å²) in [6.07, 6.45) is -9.40. The van der Waals surface area contributed by atoms with Crippen molar-refractivity contribution in [3.8, 4) is 34.5 Å². The van der Waals surface area contributed by atoms with E-state index in [-0.39, 0.29) is 33.9 Å². The molecule has 0 atom stereocenters. The molecular formula is C44H52B3F6IO10. The Balaban J connectivity index is 0.000000186. The molecule has 0 radical (unpaired) electrons. The lowest BCUT2D eigenvalue weighted by Gasteiger charge is -2.32. The topological polar surface area (TPSA) is 92.3 Å². The first kappa shape index (κ1) is 51.3. The standard InChI is InChI=1S/C19H20BF3O4.C13H8F3IO2.C12H24B2O4/c1-17(2)18(3,4)27-20(26-17)13-5-7-14(8-6-13)24-15-9-11-16(12-10-15)25-19(21,22)23;14-13(15,16)19-12-7-5-11(6-8-12)18-10-3-1-9(17)2-4-10;1-9(2)10(3,4)16-13(15-9)14-17-11(5,6)12(7,8)18-14/h5-12H,1-4H3;1-8H;1-8H3. The fraction of sp³-hybridized carbons (Fsp3) is 0.455. The molecule has 0 unspecified atom stereocenters. The SMILES string of the molecule is CC1(C)OB(B2OC(C)(C)C(C)(C)O2)OC1(C)C.CC1(C)OB(c2ccc(Oc3ccc(OC(F)(F)F)cc3)cc2)OC1(C)C.FC(F)(F)Oc1ccc(Oc2ccc(I)cc2)cc1. The van der Waals surface area contributed by atoms with Gasteiger partial charge in [0.15, 0.2) is 0 Å². The van der Waals surface area contributed by atoms with Gasteiger partial charge >= 0.3 is 33.9 Å². The lowest BCUT2D eigenvalue weighted by molar-refractivity contribution is -0.275. The molecule has 20 heteroatoms. The molecule has 0 spiro atoms. The van der Waals surface area contributed by atoms with Crippen LogP contribution in [0.3, 0.4) is 0 Å². The van der Waals surface area contributed by atoms with Crippen LogP contribution in [0.5, 0.6) is 34.5 Å². The molecule has 3 fully saturated rings. The van der Waals surface area contributed by atoms with Gasteiger partial charge < -0.3 is 46.9 Å². The Bertz CT molecular complexity index is 2070. The van der Waals surface area contributed by atoms with E-state index in [9.17, 15) is 26.3 Å². The van der Waals surface area contributed by atoms with Crippen LogP contribution in [0.4, 0.5) is 26.3 Å². The predicted octanol–water partition coefficient (Wildman–Crippen LogP) is 11.9. The average Bonchev–Trinajstić information content (AvgIpc) is 3.63. The lowest BCUT2D eigenvalue weighted by atomic mass is 9.49. The summed E-state index contributed by atoms with van der Waals surface area (Å²) in [7, 11) is -1.42. The molecule has 0 aliphatic carbocycles. The van der Waals surface area contributed by atoms with E-state index in [1.807, 2.05) is 107 Å². The summed E-state index contributed by atoms with van der Waals surface area (Å²) in [5, 5.41) is 0. The van der Waals surface area contributed by atoms with Crippen LogP contribution in [0.2, 0.25) is 0 Å².